The number of imide groups is 1. The maximum Gasteiger partial charge on any atom is 0.325 e. The molecule has 0 bridgehead atoms. The van der Waals surface area contributed by atoms with Crippen LogP contribution in [0, 0.1) is 0 Å². The zero-order valence-corrected chi connectivity index (χ0v) is 22.9. The van der Waals surface area contributed by atoms with Crippen molar-refractivity contribution in [1.29, 1.82) is 0 Å². The topological polar surface area (TPSA) is 61.9 Å². The second kappa shape index (κ2) is 12.4. The summed E-state index contributed by atoms with van der Waals surface area (Å²) in [6.07, 6.45) is 12.1. The van der Waals surface area contributed by atoms with Crippen LogP contribution >= 0.6 is 11.6 Å². The molecule has 1 fully saturated rings. The van der Waals surface area contributed by atoms with Crippen LogP contribution in [-0.2, 0) is 10.3 Å². The fourth-order valence-corrected chi connectivity index (χ4v) is 5.77. The normalized spacial score (nSPS) is 20.9. The van der Waals surface area contributed by atoms with Crippen LogP contribution in [0.1, 0.15) is 96.5 Å². The minimum Gasteiger partial charge on any atom is -0.487 e. The number of amides is 3. The van der Waals surface area contributed by atoms with E-state index in [2.05, 4.69) is 24.1 Å². The maximum absolute atomic E-state index is 14.0. The third kappa shape index (κ3) is 6.51. The first-order chi connectivity index (χ1) is 16.8. The van der Waals surface area contributed by atoms with Crippen LogP contribution in [0.2, 0.25) is 5.02 Å². The predicted molar refractivity (Wildman–Crippen MR) is 142 cm³/mol. The monoisotopic (exact) mass is 505 g/mol. The van der Waals surface area contributed by atoms with Gasteiger partial charge in [0.1, 0.15) is 11.4 Å². The van der Waals surface area contributed by atoms with E-state index in [0.717, 1.165) is 51.5 Å². The van der Waals surface area contributed by atoms with Gasteiger partial charge in [0, 0.05) is 23.6 Å². The second-order valence-electron chi connectivity index (χ2n) is 10.7. The van der Waals surface area contributed by atoms with Gasteiger partial charge in [-0.2, -0.15) is 0 Å². The van der Waals surface area contributed by atoms with Crippen LogP contribution < -0.4 is 10.1 Å². The van der Waals surface area contributed by atoms with E-state index in [-0.39, 0.29) is 11.9 Å². The Morgan fingerprint density at radius 3 is 2.26 bits per heavy atom. The number of hydrogen-bond acceptors (Lipinski definition) is 4. The van der Waals surface area contributed by atoms with Gasteiger partial charge in [-0.05, 0) is 70.9 Å². The molecular weight excluding hydrogens is 462 g/mol. The van der Waals surface area contributed by atoms with E-state index < -0.39 is 11.1 Å². The van der Waals surface area contributed by atoms with Gasteiger partial charge in [0.2, 0.25) is 0 Å². The molecule has 3 rings (SSSR count). The molecule has 1 saturated heterocycles. The molecule has 2 heterocycles. The highest BCUT2D eigenvalue weighted by atomic mass is 35.5. The fraction of sp³-hybridized carbons (Fsp3) is 0.714. The van der Waals surface area contributed by atoms with Gasteiger partial charge in [0.25, 0.3) is 5.91 Å². The SMILES string of the molecule is CCCCCCC1(CCCCCC)CC2(NC(=O)N(CCCN(C)C)C2=O)c2cc(Cl)ccc2O1. The first kappa shape index (κ1) is 27.8. The number of unbranched alkanes of at least 4 members (excludes halogenated alkanes) is 6. The Morgan fingerprint density at radius 2 is 1.66 bits per heavy atom. The first-order valence-electron chi connectivity index (χ1n) is 13.5. The second-order valence-corrected chi connectivity index (χ2v) is 11.1. The van der Waals surface area contributed by atoms with Crippen LogP contribution in [0.4, 0.5) is 4.79 Å². The molecule has 1 aromatic carbocycles. The quantitative estimate of drug-likeness (QED) is 0.231. The van der Waals surface area contributed by atoms with Crippen molar-refractivity contribution in [3.63, 3.8) is 0 Å². The summed E-state index contributed by atoms with van der Waals surface area (Å²) in [4.78, 5) is 30.6. The molecule has 1 unspecified atom stereocenters. The van der Waals surface area contributed by atoms with E-state index in [9.17, 15) is 9.59 Å². The van der Waals surface area contributed by atoms with E-state index in [1.54, 1.807) is 6.07 Å². The predicted octanol–water partition coefficient (Wildman–Crippen LogP) is 6.50. The molecule has 35 heavy (non-hydrogen) atoms. The van der Waals surface area contributed by atoms with Crippen LogP contribution in [0.25, 0.3) is 0 Å². The van der Waals surface area contributed by atoms with Gasteiger partial charge in [-0.1, -0.05) is 64.0 Å². The van der Waals surface area contributed by atoms with Crippen molar-refractivity contribution in [2.45, 2.75) is 102 Å². The third-order valence-electron chi connectivity index (χ3n) is 7.45. The lowest BCUT2D eigenvalue weighted by atomic mass is 9.72. The third-order valence-corrected chi connectivity index (χ3v) is 7.68. The van der Waals surface area contributed by atoms with Gasteiger partial charge in [-0.3, -0.25) is 9.69 Å². The van der Waals surface area contributed by atoms with Gasteiger partial charge in [-0.15, -0.1) is 0 Å². The summed E-state index contributed by atoms with van der Waals surface area (Å²) < 4.78 is 6.77. The highest BCUT2D eigenvalue weighted by molar-refractivity contribution is 6.30. The number of nitrogens with one attached hydrogen (secondary N) is 1. The van der Waals surface area contributed by atoms with E-state index in [1.807, 2.05) is 26.2 Å². The number of carbonyl (C=O) groups is 2. The molecular formula is C28H44ClN3O3. The van der Waals surface area contributed by atoms with Crippen molar-refractivity contribution in [3.05, 3.63) is 28.8 Å². The van der Waals surface area contributed by atoms with Crippen LogP contribution in [0.3, 0.4) is 0 Å². The summed E-state index contributed by atoms with van der Waals surface area (Å²) in [6.45, 7) is 5.64. The Morgan fingerprint density at radius 1 is 1.00 bits per heavy atom. The smallest absolute Gasteiger partial charge is 0.325 e. The summed E-state index contributed by atoms with van der Waals surface area (Å²) >= 11 is 6.39. The van der Waals surface area contributed by atoms with Crippen molar-refractivity contribution >= 4 is 23.5 Å². The Bertz CT molecular complexity index is 863. The minimum atomic E-state index is -1.12. The lowest BCUT2D eigenvalue weighted by Gasteiger charge is -2.46. The number of hydrogen-bond donors (Lipinski definition) is 1. The van der Waals surface area contributed by atoms with Gasteiger partial charge in [0.05, 0.1) is 0 Å². The highest BCUT2D eigenvalue weighted by Gasteiger charge is 2.60. The van der Waals surface area contributed by atoms with Crippen LogP contribution in [-0.4, -0.2) is 54.5 Å². The summed E-state index contributed by atoms with van der Waals surface area (Å²) in [5.74, 6) is 0.509. The number of fused-ring (bicyclic) bond motifs is 2. The number of ether oxygens (including phenoxy) is 1. The van der Waals surface area contributed by atoms with Crippen molar-refractivity contribution in [2.24, 2.45) is 0 Å². The lowest BCUT2D eigenvalue weighted by molar-refractivity contribution is -0.136. The highest BCUT2D eigenvalue weighted by Crippen LogP contribution is 2.50. The molecule has 2 aliphatic heterocycles. The Labute approximate surface area is 216 Å². The Kier molecular flexibility index (Phi) is 9.88. The van der Waals surface area contributed by atoms with Gasteiger partial charge >= 0.3 is 6.03 Å². The Balaban J connectivity index is 1.95. The van der Waals surface area contributed by atoms with Gasteiger partial charge < -0.3 is 15.0 Å². The molecule has 1 aromatic rings. The minimum absolute atomic E-state index is 0.167. The molecule has 1 spiro atoms. The summed E-state index contributed by atoms with van der Waals surface area (Å²) in [5, 5.41) is 3.67. The van der Waals surface area contributed by atoms with Crippen molar-refractivity contribution in [1.82, 2.24) is 15.1 Å². The number of carbonyl (C=O) groups excluding carboxylic acids is 2. The zero-order valence-electron chi connectivity index (χ0n) is 22.1. The molecule has 0 radical (unpaired) electrons. The van der Waals surface area contributed by atoms with Crippen molar-refractivity contribution in [2.75, 3.05) is 27.2 Å². The average Bonchev–Trinajstić information content (AvgIpc) is 3.04. The molecule has 2 aliphatic rings. The summed E-state index contributed by atoms with van der Waals surface area (Å²) in [6, 6.07) is 5.18. The van der Waals surface area contributed by atoms with Crippen molar-refractivity contribution < 1.29 is 14.3 Å². The molecule has 0 aliphatic carbocycles. The molecule has 196 valence electrons. The number of benzene rings is 1. The van der Waals surface area contributed by atoms with Gasteiger partial charge in [-0.25, -0.2) is 4.79 Å². The summed E-state index contributed by atoms with van der Waals surface area (Å²) in [7, 11) is 3.99. The largest absolute Gasteiger partial charge is 0.487 e. The lowest BCUT2D eigenvalue weighted by Crippen LogP contribution is -2.56. The van der Waals surface area contributed by atoms with E-state index >= 15 is 0 Å². The molecule has 0 saturated carbocycles. The number of urea groups is 1. The summed E-state index contributed by atoms with van der Waals surface area (Å²) in [5.41, 5.74) is -0.912. The number of halogens is 1. The first-order valence-corrected chi connectivity index (χ1v) is 13.9. The van der Waals surface area contributed by atoms with Gasteiger partial charge in [0.15, 0.2) is 5.54 Å². The molecule has 6 nitrogen and oxygen atoms in total. The maximum atomic E-state index is 14.0. The molecule has 1 N–H and O–H groups in total. The Hall–Kier alpha value is -1.79. The number of rotatable bonds is 14. The molecule has 3 amide bonds. The molecule has 0 aromatic heterocycles. The average molecular weight is 506 g/mol. The fourth-order valence-electron chi connectivity index (χ4n) is 5.60. The van der Waals surface area contributed by atoms with Crippen LogP contribution in [0.5, 0.6) is 5.75 Å². The zero-order chi connectivity index (χ0) is 25.5. The molecule has 7 heteroatoms. The van der Waals surface area contributed by atoms with Crippen LogP contribution in [0.15, 0.2) is 18.2 Å². The van der Waals surface area contributed by atoms with E-state index in [0.29, 0.717) is 29.3 Å². The number of nitrogens with zero attached hydrogens (tertiary/aromatic N) is 2. The standard InChI is InChI=1S/C28H44ClN3O3/c1-5-7-9-11-16-27(17-12-10-8-6-2)21-28(23-20-22(29)14-15-24(23)35-27)25(33)32(26(34)30-28)19-13-18-31(3)4/h14-15,20H,5-13,16-19,21H2,1-4H3,(H,30,34). The molecule has 1 atom stereocenters. The van der Waals surface area contributed by atoms with Crippen molar-refractivity contribution in [3.8, 4) is 5.75 Å². The van der Waals surface area contributed by atoms with E-state index in [4.69, 9.17) is 16.3 Å². The van der Waals surface area contributed by atoms with E-state index in [1.165, 1.54) is 30.6 Å².